The van der Waals surface area contributed by atoms with Crippen LogP contribution in [0.3, 0.4) is 0 Å². The van der Waals surface area contributed by atoms with Crippen LogP contribution in [0.25, 0.3) is 11.1 Å². The Morgan fingerprint density at radius 1 is 1.29 bits per heavy atom. The van der Waals surface area contributed by atoms with Crippen LogP contribution in [0.2, 0.25) is 0 Å². The number of carbonyl (C=O) groups is 1. The summed E-state index contributed by atoms with van der Waals surface area (Å²) in [5.41, 5.74) is 2.97. The fourth-order valence-corrected chi connectivity index (χ4v) is 3.81. The van der Waals surface area contributed by atoms with Gasteiger partial charge >= 0.3 is 5.76 Å². The van der Waals surface area contributed by atoms with E-state index < -0.39 is 5.76 Å². The quantitative estimate of drug-likeness (QED) is 0.764. The number of amides is 1. The number of fused-ring (bicyclic) bond motifs is 2. The molecule has 0 fully saturated rings. The molecule has 2 N–H and O–H groups in total. The molecule has 4 rings (SSSR count). The maximum atomic E-state index is 12.3. The summed E-state index contributed by atoms with van der Waals surface area (Å²) in [6, 6.07) is 7.08. The largest absolute Gasteiger partial charge is 0.417 e. The minimum atomic E-state index is -0.497. The van der Waals surface area contributed by atoms with E-state index in [0.29, 0.717) is 16.8 Å². The Hall–Kier alpha value is -2.34. The summed E-state index contributed by atoms with van der Waals surface area (Å²) in [6.45, 7) is 0. The van der Waals surface area contributed by atoms with Crippen molar-refractivity contribution in [1.29, 1.82) is 0 Å². The standard InChI is InChI=1S/C15H12N2O3S/c18-14(13-6-8-2-1-3-12(8)21-13)16-9-4-5-10-11(7-9)20-15(19)17-10/h4-7H,1-3H2,(H,16,18)(H,17,19). The zero-order valence-electron chi connectivity index (χ0n) is 11.1. The van der Waals surface area contributed by atoms with Crippen LogP contribution in [0.4, 0.5) is 5.69 Å². The van der Waals surface area contributed by atoms with Gasteiger partial charge in [0.15, 0.2) is 5.58 Å². The fourth-order valence-electron chi connectivity index (χ4n) is 2.66. The van der Waals surface area contributed by atoms with E-state index in [2.05, 4.69) is 10.3 Å². The molecule has 0 bridgehead atoms. The summed E-state index contributed by atoms with van der Waals surface area (Å²) in [5, 5.41) is 2.84. The lowest BCUT2D eigenvalue weighted by molar-refractivity contribution is 0.103. The van der Waals surface area contributed by atoms with E-state index in [9.17, 15) is 9.59 Å². The Morgan fingerprint density at radius 2 is 2.19 bits per heavy atom. The Morgan fingerprint density at radius 3 is 3.05 bits per heavy atom. The molecule has 106 valence electrons. The summed E-state index contributed by atoms with van der Waals surface area (Å²) in [7, 11) is 0. The molecule has 1 amide bonds. The third-order valence-corrected chi connectivity index (χ3v) is 4.89. The summed E-state index contributed by atoms with van der Waals surface area (Å²) >= 11 is 1.57. The normalized spacial score (nSPS) is 13.5. The molecule has 6 heteroatoms. The SMILES string of the molecule is O=C(Nc1ccc2[nH]c(=O)oc2c1)c1cc2c(s1)CCC2. The highest BCUT2D eigenvalue weighted by Crippen LogP contribution is 2.31. The molecule has 0 saturated heterocycles. The van der Waals surface area contributed by atoms with Gasteiger partial charge in [-0.05, 0) is 43.0 Å². The molecular weight excluding hydrogens is 288 g/mol. The van der Waals surface area contributed by atoms with Crippen molar-refractivity contribution >= 4 is 34.0 Å². The van der Waals surface area contributed by atoms with Crippen molar-refractivity contribution in [2.24, 2.45) is 0 Å². The molecule has 2 heterocycles. The number of thiophene rings is 1. The molecule has 0 radical (unpaired) electrons. The minimum absolute atomic E-state index is 0.119. The van der Waals surface area contributed by atoms with Crippen LogP contribution in [0.1, 0.15) is 26.5 Å². The number of nitrogens with one attached hydrogen (secondary N) is 2. The van der Waals surface area contributed by atoms with Gasteiger partial charge in [-0.15, -0.1) is 11.3 Å². The number of aryl methyl sites for hydroxylation is 2. The second-order valence-corrected chi connectivity index (χ2v) is 6.23. The van der Waals surface area contributed by atoms with Crippen LogP contribution in [0.15, 0.2) is 33.5 Å². The van der Waals surface area contributed by atoms with Crippen molar-refractivity contribution in [1.82, 2.24) is 4.98 Å². The molecule has 3 aromatic rings. The topological polar surface area (TPSA) is 75.1 Å². The number of aromatic nitrogens is 1. The fraction of sp³-hybridized carbons (Fsp3) is 0.200. The summed E-state index contributed by atoms with van der Waals surface area (Å²) < 4.78 is 4.99. The number of hydrogen-bond acceptors (Lipinski definition) is 4. The Balaban J connectivity index is 1.60. The molecule has 0 atom stereocenters. The first kappa shape index (κ1) is 12.4. The predicted molar refractivity (Wildman–Crippen MR) is 81.1 cm³/mol. The van der Waals surface area contributed by atoms with Crippen molar-refractivity contribution in [2.45, 2.75) is 19.3 Å². The van der Waals surface area contributed by atoms with E-state index in [0.717, 1.165) is 17.7 Å². The number of anilines is 1. The van der Waals surface area contributed by atoms with E-state index in [1.54, 1.807) is 29.5 Å². The average Bonchev–Trinajstić information content (AvgIpc) is 3.09. The first-order valence-electron chi connectivity index (χ1n) is 6.75. The number of H-pyrrole nitrogens is 1. The van der Waals surface area contributed by atoms with E-state index >= 15 is 0 Å². The van der Waals surface area contributed by atoms with Crippen molar-refractivity contribution in [3.05, 3.63) is 50.1 Å². The highest BCUT2D eigenvalue weighted by molar-refractivity contribution is 7.14. The molecule has 1 aliphatic rings. The summed E-state index contributed by atoms with van der Waals surface area (Å²) in [4.78, 5) is 28.0. The first-order chi connectivity index (χ1) is 10.2. The average molecular weight is 300 g/mol. The van der Waals surface area contributed by atoms with Gasteiger partial charge in [0.1, 0.15) is 0 Å². The molecule has 2 aromatic heterocycles. The number of oxazole rings is 1. The number of benzene rings is 1. The van der Waals surface area contributed by atoms with Crippen LogP contribution in [-0.2, 0) is 12.8 Å². The van der Waals surface area contributed by atoms with E-state index in [1.165, 1.54) is 16.9 Å². The van der Waals surface area contributed by atoms with Crippen molar-refractivity contribution in [3.63, 3.8) is 0 Å². The van der Waals surface area contributed by atoms with Gasteiger partial charge in [-0.3, -0.25) is 9.78 Å². The van der Waals surface area contributed by atoms with Gasteiger partial charge in [0.25, 0.3) is 5.91 Å². The van der Waals surface area contributed by atoms with Gasteiger partial charge in [0.05, 0.1) is 10.4 Å². The molecule has 5 nitrogen and oxygen atoms in total. The third kappa shape index (κ3) is 2.17. The van der Waals surface area contributed by atoms with Crippen LogP contribution in [0.5, 0.6) is 0 Å². The monoisotopic (exact) mass is 300 g/mol. The van der Waals surface area contributed by atoms with Crippen LogP contribution >= 0.6 is 11.3 Å². The molecule has 0 saturated carbocycles. The zero-order valence-corrected chi connectivity index (χ0v) is 11.9. The van der Waals surface area contributed by atoms with E-state index in [4.69, 9.17) is 4.42 Å². The van der Waals surface area contributed by atoms with Gasteiger partial charge in [0, 0.05) is 16.6 Å². The predicted octanol–water partition coefficient (Wildman–Crippen LogP) is 2.92. The van der Waals surface area contributed by atoms with Gasteiger partial charge in [-0.25, -0.2) is 4.79 Å². The Bertz CT molecular complexity index is 882. The van der Waals surface area contributed by atoms with Gasteiger partial charge in [0.2, 0.25) is 0 Å². The first-order valence-corrected chi connectivity index (χ1v) is 7.56. The zero-order chi connectivity index (χ0) is 14.4. The third-order valence-electron chi connectivity index (χ3n) is 3.65. The molecule has 1 aromatic carbocycles. The van der Waals surface area contributed by atoms with Gasteiger partial charge in [-0.1, -0.05) is 0 Å². The van der Waals surface area contributed by atoms with Crippen molar-refractivity contribution in [3.8, 4) is 0 Å². The Labute approximate surface area is 123 Å². The van der Waals surface area contributed by atoms with Crippen LogP contribution in [0, 0.1) is 0 Å². The maximum Gasteiger partial charge on any atom is 0.417 e. The summed E-state index contributed by atoms with van der Waals surface area (Å²) in [6.07, 6.45) is 3.33. The van der Waals surface area contributed by atoms with E-state index in [-0.39, 0.29) is 5.91 Å². The maximum absolute atomic E-state index is 12.3. The van der Waals surface area contributed by atoms with Gasteiger partial charge < -0.3 is 9.73 Å². The highest BCUT2D eigenvalue weighted by atomic mass is 32.1. The lowest BCUT2D eigenvalue weighted by atomic mass is 10.2. The molecule has 0 spiro atoms. The molecule has 0 aliphatic heterocycles. The molecular formula is C15H12N2O3S. The smallest absolute Gasteiger partial charge is 0.408 e. The molecule has 0 unspecified atom stereocenters. The number of rotatable bonds is 2. The van der Waals surface area contributed by atoms with E-state index in [1.807, 2.05) is 6.07 Å². The van der Waals surface area contributed by atoms with Crippen LogP contribution < -0.4 is 11.1 Å². The lowest BCUT2D eigenvalue weighted by Gasteiger charge is -2.03. The van der Waals surface area contributed by atoms with Crippen molar-refractivity contribution in [2.75, 3.05) is 5.32 Å². The van der Waals surface area contributed by atoms with Crippen LogP contribution in [-0.4, -0.2) is 10.9 Å². The lowest BCUT2D eigenvalue weighted by Crippen LogP contribution is -2.10. The summed E-state index contributed by atoms with van der Waals surface area (Å²) in [5.74, 6) is -0.616. The number of aromatic amines is 1. The second-order valence-electron chi connectivity index (χ2n) is 5.09. The molecule has 21 heavy (non-hydrogen) atoms. The number of carbonyl (C=O) groups excluding carboxylic acids is 1. The second kappa shape index (κ2) is 4.60. The molecule has 1 aliphatic carbocycles. The Kier molecular flexibility index (Phi) is 2.71. The number of hydrogen-bond donors (Lipinski definition) is 2. The van der Waals surface area contributed by atoms with Gasteiger partial charge in [-0.2, -0.15) is 0 Å². The van der Waals surface area contributed by atoms with Crippen molar-refractivity contribution < 1.29 is 9.21 Å². The minimum Gasteiger partial charge on any atom is -0.408 e. The highest BCUT2D eigenvalue weighted by Gasteiger charge is 2.18.